The molecule has 1 saturated heterocycles. The predicted octanol–water partition coefficient (Wildman–Crippen LogP) is 2.72. The van der Waals surface area contributed by atoms with Crippen LogP contribution in [0.1, 0.15) is 44.7 Å². The van der Waals surface area contributed by atoms with Gasteiger partial charge in [-0.2, -0.15) is 0 Å². The van der Waals surface area contributed by atoms with Crippen molar-refractivity contribution in [3.8, 4) is 0 Å². The number of carbonyl (C=O) groups excluding carboxylic acids is 1. The Balaban J connectivity index is 1.84. The van der Waals surface area contributed by atoms with Crippen LogP contribution in [0.2, 0.25) is 0 Å². The summed E-state index contributed by atoms with van der Waals surface area (Å²) in [6, 6.07) is 8.67. The summed E-state index contributed by atoms with van der Waals surface area (Å²) in [7, 11) is 0. The number of hydrogen-bond acceptors (Lipinski definition) is 2. The second-order valence-corrected chi connectivity index (χ2v) is 7.18. The second-order valence-electron chi connectivity index (χ2n) is 7.18. The summed E-state index contributed by atoms with van der Waals surface area (Å²) >= 11 is 0. The first-order valence-corrected chi connectivity index (χ1v) is 7.97. The van der Waals surface area contributed by atoms with E-state index >= 15 is 0 Å². The van der Waals surface area contributed by atoms with Crippen molar-refractivity contribution in [3.63, 3.8) is 0 Å². The van der Waals surface area contributed by atoms with E-state index in [-0.39, 0.29) is 11.3 Å². The molecule has 1 fully saturated rings. The molecule has 0 bridgehead atoms. The summed E-state index contributed by atoms with van der Waals surface area (Å²) in [6.07, 6.45) is 2.49. The lowest BCUT2D eigenvalue weighted by molar-refractivity contribution is -0.130. The monoisotopic (exact) mass is 288 g/mol. The Morgan fingerprint density at radius 1 is 1.29 bits per heavy atom. The zero-order valence-electron chi connectivity index (χ0n) is 13.6. The molecule has 116 valence electrons. The van der Waals surface area contributed by atoms with Crippen LogP contribution in [0.5, 0.6) is 0 Å². The largest absolute Gasteiger partial charge is 0.342 e. The van der Waals surface area contributed by atoms with Crippen LogP contribution < -0.4 is 5.73 Å². The molecule has 0 aromatic heterocycles. The first kappa shape index (κ1) is 16.0. The molecule has 2 N–H and O–H groups in total. The molecule has 21 heavy (non-hydrogen) atoms. The fraction of sp³-hybridized carbons (Fsp3) is 0.611. The molecule has 2 rings (SSSR count). The van der Waals surface area contributed by atoms with Gasteiger partial charge in [0, 0.05) is 19.5 Å². The van der Waals surface area contributed by atoms with Gasteiger partial charge in [0.1, 0.15) is 0 Å². The Labute approximate surface area is 128 Å². The summed E-state index contributed by atoms with van der Waals surface area (Å²) in [5, 5.41) is 0. The first-order chi connectivity index (χ1) is 9.90. The van der Waals surface area contributed by atoms with Gasteiger partial charge < -0.3 is 10.6 Å². The molecule has 0 saturated carbocycles. The maximum Gasteiger partial charge on any atom is 0.222 e. The fourth-order valence-electron chi connectivity index (χ4n) is 2.83. The standard InChI is InChI=1S/C18H28N2O/c1-18(2,3)16-7-4-14(5-8-16)6-9-17(21)20-11-10-15(12-19)13-20/h4-5,7-8,15H,6,9-13,19H2,1-3H3. The molecule has 0 radical (unpaired) electrons. The molecule has 0 aliphatic carbocycles. The lowest BCUT2D eigenvalue weighted by Crippen LogP contribution is -2.30. The van der Waals surface area contributed by atoms with Crippen molar-refractivity contribution in [2.45, 2.75) is 45.4 Å². The van der Waals surface area contributed by atoms with Gasteiger partial charge in [0.05, 0.1) is 0 Å². The molecule has 3 heteroatoms. The maximum atomic E-state index is 12.2. The molecule has 1 aliphatic heterocycles. The quantitative estimate of drug-likeness (QED) is 0.926. The number of likely N-dealkylation sites (tertiary alicyclic amines) is 1. The highest BCUT2D eigenvalue weighted by molar-refractivity contribution is 5.76. The van der Waals surface area contributed by atoms with E-state index in [2.05, 4.69) is 45.0 Å². The fourth-order valence-corrected chi connectivity index (χ4v) is 2.83. The normalized spacial score (nSPS) is 19.0. The highest BCUT2D eigenvalue weighted by Gasteiger charge is 2.24. The van der Waals surface area contributed by atoms with Crippen molar-refractivity contribution >= 4 is 5.91 Å². The zero-order valence-corrected chi connectivity index (χ0v) is 13.6. The van der Waals surface area contributed by atoms with Crippen LogP contribution in [0.15, 0.2) is 24.3 Å². The van der Waals surface area contributed by atoms with Crippen molar-refractivity contribution in [3.05, 3.63) is 35.4 Å². The predicted molar refractivity (Wildman–Crippen MR) is 87.2 cm³/mol. The SMILES string of the molecule is CC(C)(C)c1ccc(CCC(=O)N2CCC(CN)C2)cc1. The highest BCUT2D eigenvalue weighted by Crippen LogP contribution is 2.22. The van der Waals surface area contributed by atoms with Crippen molar-refractivity contribution < 1.29 is 4.79 Å². The number of rotatable bonds is 4. The number of nitrogens with two attached hydrogens (primary N) is 1. The number of carbonyl (C=O) groups is 1. The van der Waals surface area contributed by atoms with Gasteiger partial charge in [-0.15, -0.1) is 0 Å². The summed E-state index contributed by atoms with van der Waals surface area (Å²) in [5.41, 5.74) is 8.43. The van der Waals surface area contributed by atoms with Gasteiger partial charge in [-0.1, -0.05) is 45.0 Å². The van der Waals surface area contributed by atoms with E-state index in [0.29, 0.717) is 18.9 Å². The number of hydrogen-bond donors (Lipinski definition) is 1. The molecule has 0 spiro atoms. The van der Waals surface area contributed by atoms with Gasteiger partial charge in [0.2, 0.25) is 5.91 Å². The van der Waals surface area contributed by atoms with E-state index in [0.717, 1.165) is 25.9 Å². The van der Waals surface area contributed by atoms with Gasteiger partial charge in [-0.25, -0.2) is 0 Å². The molecule has 1 aliphatic rings. The van der Waals surface area contributed by atoms with E-state index in [1.165, 1.54) is 11.1 Å². The minimum Gasteiger partial charge on any atom is -0.342 e. The summed E-state index contributed by atoms with van der Waals surface area (Å²) in [4.78, 5) is 14.2. The van der Waals surface area contributed by atoms with Crippen LogP contribution in [0.4, 0.5) is 0 Å². The third kappa shape index (κ3) is 4.31. The van der Waals surface area contributed by atoms with Gasteiger partial charge >= 0.3 is 0 Å². The van der Waals surface area contributed by atoms with E-state index in [1.54, 1.807) is 0 Å². The van der Waals surface area contributed by atoms with Crippen LogP contribution in [-0.4, -0.2) is 30.4 Å². The molecule has 1 unspecified atom stereocenters. The van der Waals surface area contributed by atoms with Gasteiger partial charge in [0.15, 0.2) is 0 Å². The minimum absolute atomic E-state index is 0.182. The Morgan fingerprint density at radius 3 is 2.48 bits per heavy atom. The zero-order chi connectivity index (χ0) is 15.5. The van der Waals surface area contributed by atoms with Crippen molar-refractivity contribution in [2.75, 3.05) is 19.6 Å². The highest BCUT2D eigenvalue weighted by atomic mass is 16.2. The second kappa shape index (κ2) is 6.61. The number of nitrogens with zero attached hydrogens (tertiary/aromatic N) is 1. The molecule has 1 heterocycles. The maximum absolute atomic E-state index is 12.2. The topological polar surface area (TPSA) is 46.3 Å². The van der Waals surface area contributed by atoms with Crippen LogP contribution in [0, 0.1) is 5.92 Å². The number of benzene rings is 1. The Kier molecular flexibility index (Phi) is 5.04. The average molecular weight is 288 g/mol. The van der Waals surface area contributed by atoms with Crippen LogP contribution in [0.25, 0.3) is 0 Å². The molecule has 1 amide bonds. The van der Waals surface area contributed by atoms with Crippen molar-refractivity contribution in [2.24, 2.45) is 11.7 Å². The lowest BCUT2D eigenvalue weighted by atomic mass is 9.86. The Morgan fingerprint density at radius 2 is 1.95 bits per heavy atom. The average Bonchev–Trinajstić information content (AvgIpc) is 2.93. The van der Waals surface area contributed by atoms with E-state index in [9.17, 15) is 4.79 Å². The summed E-state index contributed by atoms with van der Waals surface area (Å²) in [5.74, 6) is 0.769. The smallest absolute Gasteiger partial charge is 0.222 e. The molecular weight excluding hydrogens is 260 g/mol. The summed E-state index contributed by atoms with van der Waals surface area (Å²) < 4.78 is 0. The van der Waals surface area contributed by atoms with Gasteiger partial charge in [0.25, 0.3) is 0 Å². The Bertz CT molecular complexity index is 473. The van der Waals surface area contributed by atoms with E-state index < -0.39 is 0 Å². The molecule has 3 nitrogen and oxygen atoms in total. The van der Waals surface area contributed by atoms with Gasteiger partial charge in [-0.3, -0.25) is 4.79 Å². The van der Waals surface area contributed by atoms with Crippen molar-refractivity contribution in [1.82, 2.24) is 4.90 Å². The number of amides is 1. The molecular formula is C18H28N2O. The van der Waals surface area contributed by atoms with E-state index in [1.807, 2.05) is 4.90 Å². The van der Waals surface area contributed by atoms with Crippen LogP contribution in [-0.2, 0) is 16.6 Å². The van der Waals surface area contributed by atoms with Crippen LogP contribution in [0.3, 0.4) is 0 Å². The third-order valence-electron chi connectivity index (χ3n) is 4.42. The van der Waals surface area contributed by atoms with Gasteiger partial charge in [-0.05, 0) is 41.8 Å². The van der Waals surface area contributed by atoms with Crippen LogP contribution >= 0.6 is 0 Å². The van der Waals surface area contributed by atoms with Crippen molar-refractivity contribution in [1.29, 1.82) is 0 Å². The first-order valence-electron chi connectivity index (χ1n) is 7.97. The minimum atomic E-state index is 0.182. The Hall–Kier alpha value is -1.35. The molecule has 1 aromatic rings. The van der Waals surface area contributed by atoms with E-state index in [4.69, 9.17) is 5.73 Å². The summed E-state index contributed by atoms with van der Waals surface area (Å²) in [6.45, 7) is 9.06. The number of aryl methyl sites for hydroxylation is 1. The molecule has 1 aromatic carbocycles. The third-order valence-corrected chi connectivity index (χ3v) is 4.42. The molecule has 1 atom stereocenters. The lowest BCUT2D eigenvalue weighted by Gasteiger charge is -2.19.